The van der Waals surface area contributed by atoms with Gasteiger partial charge in [-0.15, -0.1) is 0 Å². The summed E-state index contributed by atoms with van der Waals surface area (Å²) in [6, 6.07) is 3.77. The molecule has 2 aromatic rings. The maximum atomic E-state index is 8.91. The van der Waals surface area contributed by atoms with Crippen LogP contribution in [0.4, 0.5) is 0 Å². The lowest BCUT2D eigenvalue weighted by Crippen LogP contribution is -2.29. The predicted octanol–water partition coefficient (Wildman–Crippen LogP) is -0.256. The molecule has 0 atom stereocenters. The number of pyridine rings is 1. The van der Waals surface area contributed by atoms with Gasteiger partial charge in [-0.2, -0.15) is 0 Å². The molecule has 0 saturated heterocycles. The molecule has 3 N–H and O–H groups in total. The van der Waals surface area contributed by atoms with Crippen LogP contribution in [0.2, 0.25) is 0 Å². The quantitative estimate of drug-likeness (QED) is 0.643. The third-order valence-electron chi connectivity index (χ3n) is 2.51. The zero-order valence-corrected chi connectivity index (χ0v) is 9.50. The molecular weight excluding hydrogens is 220 g/mol. The van der Waals surface area contributed by atoms with Gasteiger partial charge in [-0.1, -0.05) is 0 Å². The Balaban J connectivity index is 2.10. The molecule has 2 aromatic heterocycles. The van der Waals surface area contributed by atoms with E-state index in [4.69, 9.17) is 10.2 Å². The molecule has 2 heterocycles. The lowest BCUT2D eigenvalue weighted by Gasteiger charge is -2.18. The number of aliphatic hydroxyl groups excluding tert-OH is 2. The van der Waals surface area contributed by atoms with E-state index in [1.165, 1.54) is 0 Å². The van der Waals surface area contributed by atoms with E-state index in [0.717, 1.165) is 11.3 Å². The van der Waals surface area contributed by atoms with E-state index in [-0.39, 0.29) is 13.2 Å². The van der Waals surface area contributed by atoms with Crippen LogP contribution in [0.15, 0.2) is 18.3 Å². The number of hydrogen-bond acceptors (Lipinski definition) is 5. The molecule has 6 heteroatoms. The minimum atomic E-state index is 0.0679. The Kier molecular flexibility index (Phi) is 4.03. The smallest absolute Gasteiger partial charge is 0.177 e. The summed E-state index contributed by atoms with van der Waals surface area (Å²) in [5, 5.41) is 17.8. The molecule has 0 saturated carbocycles. The van der Waals surface area contributed by atoms with Crippen LogP contribution in [0.1, 0.15) is 5.82 Å². The number of aliphatic hydroxyl groups is 2. The van der Waals surface area contributed by atoms with Gasteiger partial charge in [0.2, 0.25) is 0 Å². The van der Waals surface area contributed by atoms with E-state index >= 15 is 0 Å². The van der Waals surface area contributed by atoms with Crippen molar-refractivity contribution >= 4 is 11.2 Å². The number of nitrogens with zero attached hydrogens (tertiary/aromatic N) is 3. The first-order valence-corrected chi connectivity index (χ1v) is 5.57. The first-order valence-electron chi connectivity index (χ1n) is 5.57. The Hall–Kier alpha value is -1.50. The van der Waals surface area contributed by atoms with E-state index < -0.39 is 0 Å². The van der Waals surface area contributed by atoms with Crippen molar-refractivity contribution in [2.75, 3.05) is 26.3 Å². The number of H-pyrrole nitrogens is 1. The van der Waals surface area contributed by atoms with E-state index in [0.29, 0.717) is 25.3 Å². The zero-order valence-electron chi connectivity index (χ0n) is 9.50. The van der Waals surface area contributed by atoms with E-state index in [1.807, 2.05) is 17.0 Å². The van der Waals surface area contributed by atoms with Crippen molar-refractivity contribution < 1.29 is 10.2 Å². The van der Waals surface area contributed by atoms with Crippen LogP contribution < -0.4 is 0 Å². The van der Waals surface area contributed by atoms with Gasteiger partial charge < -0.3 is 15.2 Å². The van der Waals surface area contributed by atoms with E-state index in [1.54, 1.807) is 6.20 Å². The van der Waals surface area contributed by atoms with Gasteiger partial charge in [0.1, 0.15) is 5.82 Å². The van der Waals surface area contributed by atoms with Gasteiger partial charge in [-0.25, -0.2) is 9.97 Å². The Bertz CT molecular complexity index is 432. The zero-order chi connectivity index (χ0) is 12.1. The van der Waals surface area contributed by atoms with Gasteiger partial charge in [0.25, 0.3) is 0 Å². The molecule has 0 spiro atoms. The fourth-order valence-corrected chi connectivity index (χ4v) is 1.73. The van der Waals surface area contributed by atoms with Crippen molar-refractivity contribution in [3.8, 4) is 0 Å². The van der Waals surface area contributed by atoms with E-state index in [9.17, 15) is 0 Å². The predicted molar refractivity (Wildman–Crippen MR) is 63.3 cm³/mol. The van der Waals surface area contributed by atoms with Gasteiger partial charge in [0.05, 0.1) is 25.3 Å². The molecule has 0 unspecified atom stereocenters. The number of hydrogen-bond donors (Lipinski definition) is 3. The summed E-state index contributed by atoms with van der Waals surface area (Å²) in [5.74, 6) is 0.792. The number of imidazole rings is 1. The first kappa shape index (κ1) is 12.0. The molecule has 0 radical (unpaired) electrons. The number of rotatable bonds is 6. The van der Waals surface area contributed by atoms with Crippen LogP contribution in [0, 0.1) is 0 Å². The topological polar surface area (TPSA) is 85.3 Å². The van der Waals surface area contributed by atoms with Crippen molar-refractivity contribution in [2.24, 2.45) is 0 Å². The molecule has 0 aromatic carbocycles. The molecule has 0 bridgehead atoms. The molecule has 92 valence electrons. The Morgan fingerprint density at radius 1 is 1.24 bits per heavy atom. The van der Waals surface area contributed by atoms with Gasteiger partial charge in [-0.05, 0) is 12.1 Å². The fraction of sp³-hybridized carbons (Fsp3) is 0.455. The van der Waals surface area contributed by atoms with Crippen LogP contribution in [0.25, 0.3) is 11.2 Å². The minimum absolute atomic E-state index is 0.0679. The molecule has 0 amide bonds. The SMILES string of the molecule is OCCN(CCO)Cc1nc2ncccc2[nH]1. The summed E-state index contributed by atoms with van der Waals surface area (Å²) in [5.41, 5.74) is 1.59. The van der Waals surface area contributed by atoms with Crippen LogP contribution in [-0.4, -0.2) is 56.4 Å². The second-order valence-corrected chi connectivity index (χ2v) is 3.78. The molecule has 0 aliphatic rings. The molecule has 17 heavy (non-hydrogen) atoms. The second kappa shape index (κ2) is 5.72. The Labute approximate surface area is 98.9 Å². The number of aromatic nitrogens is 3. The van der Waals surface area contributed by atoms with Crippen molar-refractivity contribution in [1.82, 2.24) is 19.9 Å². The maximum absolute atomic E-state index is 8.91. The van der Waals surface area contributed by atoms with Crippen LogP contribution in [0.3, 0.4) is 0 Å². The molecule has 2 rings (SSSR count). The van der Waals surface area contributed by atoms with Crippen molar-refractivity contribution in [3.05, 3.63) is 24.2 Å². The Morgan fingerprint density at radius 3 is 2.65 bits per heavy atom. The monoisotopic (exact) mass is 236 g/mol. The lowest BCUT2D eigenvalue weighted by molar-refractivity contribution is 0.154. The first-order chi connectivity index (χ1) is 8.33. The largest absolute Gasteiger partial charge is 0.395 e. The standard InChI is InChI=1S/C11H16N4O2/c16-6-4-15(5-7-17)8-10-13-9-2-1-3-12-11(9)14-10/h1-3,16-17H,4-8H2,(H,12,13,14). The van der Waals surface area contributed by atoms with Gasteiger partial charge in [-0.3, -0.25) is 4.90 Å². The molecule has 0 fully saturated rings. The van der Waals surface area contributed by atoms with Crippen molar-refractivity contribution in [1.29, 1.82) is 0 Å². The number of aromatic amines is 1. The summed E-state index contributed by atoms with van der Waals surface area (Å²) in [6.07, 6.45) is 1.70. The highest BCUT2D eigenvalue weighted by Gasteiger charge is 2.08. The van der Waals surface area contributed by atoms with Gasteiger partial charge >= 0.3 is 0 Å². The third kappa shape index (κ3) is 3.00. The summed E-state index contributed by atoms with van der Waals surface area (Å²) in [7, 11) is 0. The van der Waals surface area contributed by atoms with Gasteiger partial charge in [0, 0.05) is 19.3 Å². The highest BCUT2D eigenvalue weighted by atomic mass is 16.3. The van der Waals surface area contributed by atoms with Crippen molar-refractivity contribution in [3.63, 3.8) is 0 Å². The van der Waals surface area contributed by atoms with Crippen molar-refractivity contribution in [2.45, 2.75) is 6.54 Å². The highest BCUT2D eigenvalue weighted by Crippen LogP contribution is 2.08. The average Bonchev–Trinajstić information content (AvgIpc) is 2.71. The number of nitrogens with one attached hydrogen (secondary N) is 1. The second-order valence-electron chi connectivity index (χ2n) is 3.78. The summed E-state index contributed by atoms with van der Waals surface area (Å²) < 4.78 is 0. The normalized spacial score (nSPS) is 11.5. The Morgan fingerprint density at radius 2 is 2.00 bits per heavy atom. The summed E-state index contributed by atoms with van der Waals surface area (Å²) in [6.45, 7) is 1.74. The van der Waals surface area contributed by atoms with Crippen LogP contribution in [0.5, 0.6) is 0 Å². The molecular formula is C11H16N4O2. The summed E-state index contributed by atoms with van der Waals surface area (Å²) >= 11 is 0. The lowest BCUT2D eigenvalue weighted by atomic mass is 10.4. The van der Waals surface area contributed by atoms with Crippen LogP contribution in [-0.2, 0) is 6.54 Å². The van der Waals surface area contributed by atoms with E-state index in [2.05, 4.69) is 15.0 Å². The maximum Gasteiger partial charge on any atom is 0.177 e. The molecule has 0 aliphatic carbocycles. The average molecular weight is 236 g/mol. The van der Waals surface area contributed by atoms with Gasteiger partial charge in [0.15, 0.2) is 5.65 Å². The summed E-state index contributed by atoms with van der Waals surface area (Å²) in [4.78, 5) is 13.6. The highest BCUT2D eigenvalue weighted by molar-refractivity contribution is 5.69. The fourth-order valence-electron chi connectivity index (χ4n) is 1.73. The van der Waals surface area contributed by atoms with Crippen LogP contribution >= 0.6 is 0 Å². The molecule has 0 aliphatic heterocycles. The third-order valence-corrected chi connectivity index (χ3v) is 2.51. The minimum Gasteiger partial charge on any atom is -0.395 e. The molecule has 6 nitrogen and oxygen atoms in total. The number of fused-ring (bicyclic) bond motifs is 1.